The number of carbonyl (C=O) groups is 1. The van der Waals surface area contributed by atoms with E-state index < -0.39 is 11.6 Å². The molecular formula is C10H7FN2O2S. The van der Waals surface area contributed by atoms with Gasteiger partial charge in [-0.25, -0.2) is 4.39 Å². The Kier molecular flexibility index (Phi) is 2.91. The van der Waals surface area contributed by atoms with Gasteiger partial charge in [0.15, 0.2) is 0 Å². The number of halogens is 1. The summed E-state index contributed by atoms with van der Waals surface area (Å²) in [5, 5.41) is 5.08. The minimum Gasteiger partial charge on any atom is -0.497 e. The average molecular weight is 238 g/mol. The fraction of sp³-hybridized carbons (Fsp3) is 0.100. The van der Waals surface area contributed by atoms with Crippen molar-refractivity contribution in [2.75, 3.05) is 7.11 Å². The highest BCUT2D eigenvalue weighted by Crippen LogP contribution is 2.18. The molecule has 0 radical (unpaired) electrons. The van der Waals surface area contributed by atoms with E-state index in [1.54, 1.807) is 0 Å². The summed E-state index contributed by atoms with van der Waals surface area (Å²) in [6, 6.07) is 4.05. The van der Waals surface area contributed by atoms with Crippen LogP contribution in [0.4, 0.5) is 4.39 Å². The number of carbonyl (C=O) groups excluding carboxylic acids is 1. The molecule has 0 amide bonds. The standard InChI is InChI=1S/C10H7FN2O2S/c1-15-6-2-3-7(8(11)4-6)10(14)9-5-16-13-12-9/h2-5H,1H3. The van der Waals surface area contributed by atoms with Crippen molar-refractivity contribution in [1.29, 1.82) is 0 Å². The van der Waals surface area contributed by atoms with E-state index >= 15 is 0 Å². The van der Waals surface area contributed by atoms with Gasteiger partial charge in [0.05, 0.1) is 12.7 Å². The van der Waals surface area contributed by atoms with E-state index in [9.17, 15) is 9.18 Å². The summed E-state index contributed by atoms with van der Waals surface area (Å²) in [4.78, 5) is 11.8. The first-order valence-corrected chi connectivity index (χ1v) is 5.21. The predicted octanol–water partition coefficient (Wildman–Crippen LogP) is 1.92. The number of aromatic nitrogens is 2. The normalized spacial score (nSPS) is 10.1. The highest BCUT2D eigenvalue weighted by molar-refractivity contribution is 7.03. The summed E-state index contributed by atoms with van der Waals surface area (Å²) < 4.78 is 21.9. The Balaban J connectivity index is 2.38. The second kappa shape index (κ2) is 4.36. The molecule has 0 atom stereocenters. The zero-order valence-electron chi connectivity index (χ0n) is 8.31. The van der Waals surface area contributed by atoms with Gasteiger partial charge in [0.2, 0.25) is 5.78 Å². The van der Waals surface area contributed by atoms with Crippen LogP contribution in [0.15, 0.2) is 23.6 Å². The van der Waals surface area contributed by atoms with Crippen LogP contribution in [-0.4, -0.2) is 22.5 Å². The third kappa shape index (κ3) is 1.92. The fourth-order valence-corrected chi connectivity index (χ4v) is 1.64. The quantitative estimate of drug-likeness (QED) is 0.766. The first kappa shape index (κ1) is 10.7. The molecule has 0 bridgehead atoms. The van der Waals surface area contributed by atoms with E-state index in [2.05, 4.69) is 9.59 Å². The fourth-order valence-electron chi connectivity index (χ4n) is 1.21. The van der Waals surface area contributed by atoms with E-state index in [1.165, 1.54) is 24.6 Å². The van der Waals surface area contributed by atoms with Crippen molar-refractivity contribution in [3.05, 3.63) is 40.7 Å². The predicted molar refractivity (Wildman–Crippen MR) is 56.3 cm³/mol. The van der Waals surface area contributed by atoms with Crippen molar-refractivity contribution in [3.63, 3.8) is 0 Å². The number of rotatable bonds is 3. The molecule has 0 aliphatic rings. The number of ketones is 1. The topological polar surface area (TPSA) is 52.1 Å². The molecule has 0 spiro atoms. The van der Waals surface area contributed by atoms with Gasteiger partial charge in [-0.3, -0.25) is 4.79 Å². The summed E-state index contributed by atoms with van der Waals surface area (Å²) in [5.74, 6) is -0.739. The van der Waals surface area contributed by atoms with Crippen molar-refractivity contribution in [1.82, 2.24) is 9.59 Å². The summed E-state index contributed by atoms with van der Waals surface area (Å²) in [7, 11) is 1.43. The summed E-state index contributed by atoms with van der Waals surface area (Å²) in [6.07, 6.45) is 0. The van der Waals surface area contributed by atoms with Gasteiger partial charge in [-0.1, -0.05) is 4.49 Å². The van der Waals surface area contributed by atoms with Crippen LogP contribution in [0.5, 0.6) is 5.75 Å². The van der Waals surface area contributed by atoms with E-state index in [1.807, 2.05) is 0 Å². The summed E-state index contributed by atoms with van der Waals surface area (Å²) in [5.41, 5.74) is 0.113. The Morgan fingerprint density at radius 1 is 1.50 bits per heavy atom. The summed E-state index contributed by atoms with van der Waals surface area (Å²) >= 11 is 1.05. The smallest absolute Gasteiger partial charge is 0.217 e. The number of benzene rings is 1. The van der Waals surface area contributed by atoms with Crippen LogP contribution in [0.1, 0.15) is 16.1 Å². The second-order valence-electron chi connectivity index (χ2n) is 2.97. The number of hydrogen-bond acceptors (Lipinski definition) is 5. The molecule has 0 saturated carbocycles. The molecule has 82 valence electrons. The van der Waals surface area contributed by atoms with Crippen LogP contribution in [0, 0.1) is 5.82 Å². The van der Waals surface area contributed by atoms with Crippen molar-refractivity contribution < 1.29 is 13.9 Å². The van der Waals surface area contributed by atoms with Crippen LogP contribution in [0.25, 0.3) is 0 Å². The van der Waals surface area contributed by atoms with E-state index in [0.29, 0.717) is 5.75 Å². The van der Waals surface area contributed by atoms with Crippen LogP contribution >= 0.6 is 11.5 Å². The van der Waals surface area contributed by atoms with E-state index in [-0.39, 0.29) is 11.3 Å². The zero-order valence-corrected chi connectivity index (χ0v) is 9.12. The lowest BCUT2D eigenvalue weighted by Crippen LogP contribution is -2.05. The lowest BCUT2D eigenvalue weighted by Gasteiger charge is -2.02. The van der Waals surface area contributed by atoms with Gasteiger partial charge in [-0.2, -0.15) is 0 Å². The van der Waals surface area contributed by atoms with Gasteiger partial charge < -0.3 is 4.74 Å². The van der Waals surface area contributed by atoms with Crippen molar-refractivity contribution in [2.24, 2.45) is 0 Å². The highest BCUT2D eigenvalue weighted by atomic mass is 32.1. The molecule has 2 rings (SSSR count). The molecule has 0 unspecified atom stereocenters. The number of ether oxygens (including phenoxy) is 1. The molecular weight excluding hydrogens is 231 g/mol. The molecule has 16 heavy (non-hydrogen) atoms. The number of nitrogens with zero attached hydrogens (tertiary/aromatic N) is 2. The molecule has 1 heterocycles. The Bertz CT molecular complexity index is 514. The third-order valence-electron chi connectivity index (χ3n) is 2.01. The summed E-state index contributed by atoms with van der Waals surface area (Å²) in [6.45, 7) is 0. The third-order valence-corrected chi connectivity index (χ3v) is 2.52. The Morgan fingerprint density at radius 2 is 2.31 bits per heavy atom. The number of methoxy groups -OCH3 is 1. The molecule has 0 aliphatic carbocycles. The van der Waals surface area contributed by atoms with E-state index in [0.717, 1.165) is 17.6 Å². The highest BCUT2D eigenvalue weighted by Gasteiger charge is 2.16. The first-order valence-electron chi connectivity index (χ1n) is 4.37. The van der Waals surface area contributed by atoms with Crippen LogP contribution in [-0.2, 0) is 0 Å². The van der Waals surface area contributed by atoms with Crippen LogP contribution < -0.4 is 4.74 Å². The van der Waals surface area contributed by atoms with Gasteiger partial charge in [-0.05, 0) is 23.7 Å². The molecule has 1 aromatic heterocycles. The molecule has 0 saturated heterocycles. The van der Waals surface area contributed by atoms with Gasteiger partial charge in [0.1, 0.15) is 17.3 Å². The maximum absolute atomic E-state index is 13.5. The van der Waals surface area contributed by atoms with Crippen molar-refractivity contribution >= 4 is 17.3 Å². The molecule has 0 N–H and O–H groups in total. The minimum absolute atomic E-state index is 0.0338. The number of hydrogen-bond donors (Lipinski definition) is 0. The van der Waals surface area contributed by atoms with Crippen LogP contribution in [0.3, 0.4) is 0 Å². The molecule has 6 heteroatoms. The maximum atomic E-state index is 13.5. The van der Waals surface area contributed by atoms with Gasteiger partial charge >= 0.3 is 0 Å². The maximum Gasteiger partial charge on any atom is 0.217 e. The Labute approximate surface area is 94.8 Å². The van der Waals surface area contributed by atoms with E-state index in [4.69, 9.17) is 4.74 Å². The minimum atomic E-state index is -0.627. The molecule has 4 nitrogen and oxygen atoms in total. The van der Waals surface area contributed by atoms with Gasteiger partial charge in [0, 0.05) is 11.4 Å². The van der Waals surface area contributed by atoms with Gasteiger partial charge in [-0.15, -0.1) is 5.10 Å². The monoisotopic (exact) mass is 238 g/mol. The van der Waals surface area contributed by atoms with Gasteiger partial charge in [0.25, 0.3) is 0 Å². The van der Waals surface area contributed by atoms with Crippen molar-refractivity contribution in [2.45, 2.75) is 0 Å². The lowest BCUT2D eigenvalue weighted by atomic mass is 10.1. The zero-order chi connectivity index (χ0) is 11.5. The SMILES string of the molecule is COc1ccc(C(=O)c2csnn2)c(F)c1. The first-order chi connectivity index (χ1) is 7.72. The Morgan fingerprint density at radius 3 is 2.88 bits per heavy atom. The Hall–Kier alpha value is -1.82. The second-order valence-corrected chi connectivity index (χ2v) is 3.57. The lowest BCUT2D eigenvalue weighted by molar-refractivity contribution is 0.103. The molecule has 1 aromatic carbocycles. The van der Waals surface area contributed by atoms with Crippen LogP contribution in [0.2, 0.25) is 0 Å². The molecule has 0 fully saturated rings. The molecule has 2 aromatic rings. The largest absolute Gasteiger partial charge is 0.497 e. The molecule has 0 aliphatic heterocycles. The van der Waals surface area contributed by atoms with Crippen molar-refractivity contribution in [3.8, 4) is 5.75 Å². The average Bonchev–Trinajstić information content (AvgIpc) is 2.81.